The molecule has 122 valence electrons. The zero-order valence-electron chi connectivity index (χ0n) is 13.1. The number of nitro groups is 1. The monoisotopic (exact) mass is 324 g/mol. The van der Waals surface area contributed by atoms with Crippen molar-refractivity contribution in [3.05, 3.63) is 75.8 Å². The van der Waals surface area contributed by atoms with Gasteiger partial charge in [0.05, 0.1) is 0 Å². The number of para-hydroxylation sites is 1. The van der Waals surface area contributed by atoms with E-state index in [1.54, 1.807) is 54.6 Å². The highest BCUT2D eigenvalue weighted by Gasteiger charge is 2.59. The van der Waals surface area contributed by atoms with E-state index >= 15 is 0 Å². The smallest absolute Gasteiger partial charge is 0.256 e. The van der Waals surface area contributed by atoms with Crippen LogP contribution >= 0.6 is 0 Å². The van der Waals surface area contributed by atoms with E-state index in [-0.39, 0.29) is 12.2 Å². The molecule has 1 aliphatic rings. The van der Waals surface area contributed by atoms with E-state index in [2.05, 4.69) is 5.32 Å². The van der Waals surface area contributed by atoms with Crippen molar-refractivity contribution in [2.75, 3.05) is 5.32 Å². The van der Waals surface area contributed by atoms with Crippen molar-refractivity contribution in [2.24, 2.45) is 0 Å². The Morgan fingerprint density at radius 3 is 2.42 bits per heavy atom. The van der Waals surface area contributed by atoms with Crippen LogP contribution in [-0.2, 0) is 15.0 Å². The van der Waals surface area contributed by atoms with E-state index in [0.29, 0.717) is 16.8 Å². The fourth-order valence-electron chi connectivity index (χ4n) is 3.50. The van der Waals surface area contributed by atoms with Crippen molar-refractivity contribution in [1.29, 1.82) is 0 Å². The Labute approximate surface area is 138 Å². The van der Waals surface area contributed by atoms with Crippen LogP contribution in [0.2, 0.25) is 0 Å². The third-order valence-electron chi connectivity index (χ3n) is 4.38. The summed E-state index contributed by atoms with van der Waals surface area (Å²) in [5, 5.41) is 14.6. The molecule has 2 aromatic rings. The van der Waals surface area contributed by atoms with Gasteiger partial charge in [0.15, 0.2) is 5.41 Å². The Balaban J connectivity index is 2.28. The average molecular weight is 324 g/mol. The molecule has 3 rings (SSSR count). The van der Waals surface area contributed by atoms with E-state index in [4.69, 9.17) is 0 Å². The second kappa shape index (κ2) is 5.88. The molecule has 2 unspecified atom stereocenters. The minimum absolute atomic E-state index is 0.226. The van der Waals surface area contributed by atoms with Gasteiger partial charge in [-0.3, -0.25) is 19.7 Å². The molecule has 0 spiro atoms. The number of hydrogen-bond donors (Lipinski definition) is 1. The van der Waals surface area contributed by atoms with Crippen molar-refractivity contribution < 1.29 is 14.5 Å². The van der Waals surface area contributed by atoms with Gasteiger partial charge in [0.25, 0.3) is 6.04 Å². The number of ketones is 1. The maximum Gasteiger partial charge on any atom is 0.256 e. The van der Waals surface area contributed by atoms with Crippen molar-refractivity contribution in [3.8, 4) is 0 Å². The van der Waals surface area contributed by atoms with Crippen LogP contribution in [-0.4, -0.2) is 16.6 Å². The molecular weight excluding hydrogens is 308 g/mol. The lowest BCUT2D eigenvalue weighted by Crippen LogP contribution is -2.45. The Morgan fingerprint density at radius 2 is 1.79 bits per heavy atom. The van der Waals surface area contributed by atoms with Crippen LogP contribution in [0.15, 0.2) is 54.6 Å². The summed E-state index contributed by atoms with van der Waals surface area (Å²) >= 11 is 0. The molecule has 0 aliphatic carbocycles. The Bertz CT molecular complexity index is 819. The third kappa shape index (κ3) is 2.36. The summed E-state index contributed by atoms with van der Waals surface area (Å²) in [5.41, 5.74) is -0.134. The summed E-state index contributed by atoms with van der Waals surface area (Å²) in [6, 6.07) is 13.8. The third-order valence-corrected chi connectivity index (χ3v) is 4.38. The second-order valence-electron chi connectivity index (χ2n) is 5.95. The number of anilines is 1. The van der Waals surface area contributed by atoms with Gasteiger partial charge in [-0.05, 0) is 18.6 Å². The number of Topliss-reactive ketones (excluding diaryl/α,β-unsaturated/α-hetero) is 1. The zero-order chi connectivity index (χ0) is 17.3. The lowest BCUT2D eigenvalue weighted by atomic mass is 9.69. The number of nitrogens with one attached hydrogen (secondary N) is 1. The first-order chi connectivity index (χ1) is 11.5. The molecule has 0 saturated heterocycles. The zero-order valence-corrected chi connectivity index (χ0v) is 13.1. The first-order valence-electron chi connectivity index (χ1n) is 7.55. The van der Waals surface area contributed by atoms with Gasteiger partial charge in [0.1, 0.15) is 5.78 Å². The van der Waals surface area contributed by atoms with Gasteiger partial charge < -0.3 is 5.32 Å². The van der Waals surface area contributed by atoms with Crippen molar-refractivity contribution in [3.63, 3.8) is 0 Å². The molecule has 0 saturated carbocycles. The number of amides is 1. The number of fused-ring (bicyclic) bond motifs is 1. The van der Waals surface area contributed by atoms with E-state index in [0.717, 1.165) is 0 Å². The molecule has 1 amide bonds. The molecule has 6 heteroatoms. The molecule has 6 nitrogen and oxygen atoms in total. The van der Waals surface area contributed by atoms with Gasteiger partial charge in [0, 0.05) is 22.6 Å². The van der Waals surface area contributed by atoms with Crippen LogP contribution in [0.1, 0.15) is 30.5 Å². The SMILES string of the molecule is CC(=O)CC1(C(c2ccccc2)[N+](=O)[O-])C(=O)Nc2ccccc21. The molecule has 2 aromatic carbocycles. The van der Waals surface area contributed by atoms with E-state index < -0.39 is 22.3 Å². The first-order valence-corrected chi connectivity index (χ1v) is 7.55. The van der Waals surface area contributed by atoms with Gasteiger partial charge in [-0.2, -0.15) is 0 Å². The normalized spacial score (nSPS) is 20.1. The molecular formula is C18H16N2O4. The molecule has 1 N–H and O–H groups in total. The van der Waals surface area contributed by atoms with Gasteiger partial charge in [0.2, 0.25) is 5.91 Å². The van der Waals surface area contributed by atoms with Gasteiger partial charge >= 0.3 is 0 Å². The molecule has 0 bridgehead atoms. The predicted molar refractivity (Wildman–Crippen MR) is 88.2 cm³/mol. The van der Waals surface area contributed by atoms with Crippen LogP contribution in [0.4, 0.5) is 5.69 Å². The lowest BCUT2D eigenvalue weighted by Gasteiger charge is -2.29. The van der Waals surface area contributed by atoms with Gasteiger partial charge in [-0.25, -0.2) is 0 Å². The largest absolute Gasteiger partial charge is 0.325 e. The van der Waals surface area contributed by atoms with Crippen LogP contribution in [0.25, 0.3) is 0 Å². The Kier molecular flexibility index (Phi) is 3.89. The first kappa shape index (κ1) is 15.9. The number of rotatable bonds is 5. The molecule has 0 radical (unpaired) electrons. The van der Waals surface area contributed by atoms with Crippen molar-refractivity contribution in [1.82, 2.24) is 0 Å². The number of hydrogen-bond acceptors (Lipinski definition) is 4. The maximum absolute atomic E-state index is 12.8. The fraction of sp³-hybridized carbons (Fsp3) is 0.222. The molecule has 0 fully saturated rings. The molecule has 1 heterocycles. The minimum Gasteiger partial charge on any atom is -0.325 e. The second-order valence-corrected chi connectivity index (χ2v) is 5.95. The van der Waals surface area contributed by atoms with E-state index in [1.807, 2.05) is 0 Å². The van der Waals surface area contributed by atoms with Crippen LogP contribution < -0.4 is 5.32 Å². The number of nitrogens with zero attached hydrogens (tertiary/aromatic N) is 1. The summed E-state index contributed by atoms with van der Waals surface area (Å²) in [4.78, 5) is 36.2. The molecule has 1 aliphatic heterocycles. The number of carbonyl (C=O) groups excluding carboxylic acids is 2. The molecule has 2 atom stereocenters. The summed E-state index contributed by atoms with van der Waals surface area (Å²) in [7, 11) is 0. The quantitative estimate of drug-likeness (QED) is 0.676. The molecule has 0 aromatic heterocycles. The Morgan fingerprint density at radius 1 is 1.17 bits per heavy atom. The van der Waals surface area contributed by atoms with Gasteiger partial charge in [-0.15, -0.1) is 0 Å². The fourth-order valence-corrected chi connectivity index (χ4v) is 3.50. The maximum atomic E-state index is 12.8. The van der Waals surface area contributed by atoms with E-state index in [1.165, 1.54) is 6.92 Å². The highest BCUT2D eigenvalue weighted by molar-refractivity contribution is 6.09. The van der Waals surface area contributed by atoms with Crippen LogP contribution in [0.3, 0.4) is 0 Å². The standard InChI is InChI=1S/C18H16N2O4/c1-12(21)11-18(14-9-5-6-10-15(14)19-17(18)22)16(20(23)24)13-7-3-2-4-8-13/h2-10,16H,11H2,1H3,(H,19,22). The average Bonchev–Trinajstić information content (AvgIpc) is 2.80. The minimum atomic E-state index is -1.55. The number of benzene rings is 2. The van der Waals surface area contributed by atoms with Crippen LogP contribution in [0.5, 0.6) is 0 Å². The number of carbonyl (C=O) groups is 2. The predicted octanol–water partition coefficient (Wildman–Crippen LogP) is 2.87. The summed E-state index contributed by atoms with van der Waals surface area (Å²) in [5.74, 6) is -0.783. The van der Waals surface area contributed by atoms with Crippen molar-refractivity contribution >= 4 is 17.4 Å². The van der Waals surface area contributed by atoms with Crippen molar-refractivity contribution in [2.45, 2.75) is 24.8 Å². The van der Waals surface area contributed by atoms with Gasteiger partial charge in [-0.1, -0.05) is 48.5 Å². The summed E-state index contributed by atoms with van der Waals surface area (Å²) < 4.78 is 0. The highest BCUT2D eigenvalue weighted by Crippen LogP contribution is 2.49. The Hall–Kier alpha value is -3.02. The lowest BCUT2D eigenvalue weighted by molar-refractivity contribution is -0.538. The summed E-state index contributed by atoms with van der Waals surface area (Å²) in [6.07, 6.45) is -0.226. The topological polar surface area (TPSA) is 89.3 Å². The van der Waals surface area contributed by atoms with E-state index in [9.17, 15) is 19.7 Å². The van der Waals surface area contributed by atoms with Crippen LogP contribution in [0, 0.1) is 10.1 Å². The summed E-state index contributed by atoms with van der Waals surface area (Å²) in [6.45, 7) is 1.35. The highest BCUT2D eigenvalue weighted by atomic mass is 16.6. The molecule has 24 heavy (non-hydrogen) atoms.